The summed E-state index contributed by atoms with van der Waals surface area (Å²) in [4.78, 5) is 12.4. The van der Waals surface area contributed by atoms with Crippen molar-refractivity contribution in [1.82, 2.24) is 0 Å². The molecular weight excluding hydrogens is 424 g/mol. The Morgan fingerprint density at radius 1 is 1.12 bits per heavy atom. The Morgan fingerprint density at radius 3 is 2.35 bits per heavy atom. The fourth-order valence-electron chi connectivity index (χ4n) is 2.26. The molecule has 9 heteroatoms. The molecule has 0 radical (unpaired) electrons. The van der Waals surface area contributed by atoms with Crippen molar-refractivity contribution in [2.45, 2.75) is 0 Å². The van der Waals surface area contributed by atoms with Crippen LogP contribution >= 0.6 is 15.9 Å². The van der Waals surface area contributed by atoms with E-state index in [-0.39, 0.29) is 6.54 Å². The number of sulfonamides is 1. The topological polar surface area (TPSA) is 84.9 Å². The number of halogens is 1. The number of benzene rings is 2. The van der Waals surface area contributed by atoms with E-state index in [1.165, 1.54) is 20.3 Å². The molecule has 0 fully saturated rings. The van der Waals surface area contributed by atoms with Crippen molar-refractivity contribution in [2.75, 3.05) is 36.6 Å². The van der Waals surface area contributed by atoms with Crippen LogP contribution in [-0.2, 0) is 14.8 Å². The molecule has 2 rings (SSSR count). The summed E-state index contributed by atoms with van der Waals surface area (Å²) < 4.78 is 36.5. The van der Waals surface area contributed by atoms with Crippen molar-refractivity contribution in [1.29, 1.82) is 0 Å². The SMILES string of the molecule is COc1ccc(N(CC(=O)Nc2ccccc2Br)S(C)(=O)=O)cc1OC. The first-order valence-electron chi connectivity index (χ1n) is 7.50. The Kier molecular flexibility index (Phi) is 6.49. The number of methoxy groups -OCH3 is 2. The number of para-hydroxylation sites is 1. The summed E-state index contributed by atoms with van der Waals surface area (Å²) in [7, 11) is -0.762. The third-order valence-electron chi connectivity index (χ3n) is 3.49. The Morgan fingerprint density at radius 2 is 1.77 bits per heavy atom. The van der Waals surface area contributed by atoms with Gasteiger partial charge in [0.15, 0.2) is 11.5 Å². The first-order valence-corrected chi connectivity index (χ1v) is 10.1. The number of ether oxygens (including phenoxy) is 2. The molecule has 1 N–H and O–H groups in total. The maximum atomic E-state index is 12.4. The van der Waals surface area contributed by atoms with E-state index in [1.54, 1.807) is 30.3 Å². The first-order chi connectivity index (χ1) is 12.3. The molecule has 26 heavy (non-hydrogen) atoms. The van der Waals surface area contributed by atoms with Gasteiger partial charge in [-0.1, -0.05) is 12.1 Å². The van der Waals surface area contributed by atoms with Gasteiger partial charge >= 0.3 is 0 Å². The van der Waals surface area contributed by atoms with Crippen molar-refractivity contribution in [3.63, 3.8) is 0 Å². The number of hydrogen-bond acceptors (Lipinski definition) is 5. The molecule has 0 aliphatic rings. The lowest BCUT2D eigenvalue weighted by Crippen LogP contribution is -2.37. The summed E-state index contributed by atoms with van der Waals surface area (Å²) in [6, 6.07) is 11.7. The second kappa shape index (κ2) is 8.41. The quantitative estimate of drug-likeness (QED) is 0.712. The maximum Gasteiger partial charge on any atom is 0.245 e. The second-order valence-electron chi connectivity index (χ2n) is 5.34. The molecule has 0 saturated carbocycles. The number of nitrogens with zero attached hydrogens (tertiary/aromatic N) is 1. The highest BCUT2D eigenvalue weighted by molar-refractivity contribution is 9.10. The average molecular weight is 443 g/mol. The van der Waals surface area contributed by atoms with Gasteiger partial charge in [0.05, 0.1) is 31.9 Å². The van der Waals surface area contributed by atoms with Crippen molar-refractivity contribution in [2.24, 2.45) is 0 Å². The largest absolute Gasteiger partial charge is 0.493 e. The van der Waals surface area contributed by atoms with Crippen LogP contribution in [0.5, 0.6) is 11.5 Å². The van der Waals surface area contributed by atoms with Gasteiger partial charge in [-0.25, -0.2) is 8.42 Å². The van der Waals surface area contributed by atoms with E-state index < -0.39 is 15.9 Å². The van der Waals surface area contributed by atoms with Crippen LogP contribution in [-0.4, -0.2) is 41.3 Å². The van der Waals surface area contributed by atoms with Crippen LogP contribution in [0.15, 0.2) is 46.9 Å². The summed E-state index contributed by atoms with van der Waals surface area (Å²) in [5, 5.41) is 2.69. The highest BCUT2D eigenvalue weighted by atomic mass is 79.9. The number of carbonyl (C=O) groups is 1. The maximum absolute atomic E-state index is 12.4. The molecule has 0 atom stereocenters. The molecule has 0 heterocycles. The summed E-state index contributed by atoms with van der Waals surface area (Å²) >= 11 is 3.33. The first kappa shape index (κ1) is 20.1. The van der Waals surface area contributed by atoms with Gasteiger partial charge in [0.25, 0.3) is 0 Å². The van der Waals surface area contributed by atoms with Crippen LogP contribution in [0.25, 0.3) is 0 Å². The summed E-state index contributed by atoms with van der Waals surface area (Å²) in [5.74, 6) is 0.351. The molecule has 2 aromatic carbocycles. The average Bonchev–Trinajstić information content (AvgIpc) is 2.60. The van der Waals surface area contributed by atoms with Crippen LogP contribution in [0.3, 0.4) is 0 Å². The van der Waals surface area contributed by atoms with Gasteiger partial charge < -0.3 is 14.8 Å². The van der Waals surface area contributed by atoms with Crippen LogP contribution in [0.4, 0.5) is 11.4 Å². The summed E-state index contributed by atoms with van der Waals surface area (Å²) in [5.41, 5.74) is 0.852. The van der Waals surface area contributed by atoms with Gasteiger partial charge in [-0.05, 0) is 40.2 Å². The number of amides is 1. The van der Waals surface area contributed by atoms with Gasteiger partial charge in [0.2, 0.25) is 15.9 Å². The van der Waals surface area contributed by atoms with Crippen LogP contribution in [0, 0.1) is 0 Å². The van der Waals surface area contributed by atoms with Crippen molar-refractivity contribution >= 4 is 43.2 Å². The predicted molar refractivity (Wildman–Crippen MR) is 105 cm³/mol. The normalized spacial score (nSPS) is 10.9. The van der Waals surface area contributed by atoms with E-state index in [0.717, 1.165) is 10.6 Å². The number of rotatable bonds is 7. The molecule has 0 spiro atoms. The smallest absolute Gasteiger partial charge is 0.245 e. The van der Waals surface area contributed by atoms with Crippen LogP contribution in [0.2, 0.25) is 0 Å². The molecule has 0 aliphatic heterocycles. The third kappa shape index (κ3) is 4.89. The molecular formula is C17H19BrN2O5S. The van der Waals surface area contributed by atoms with Gasteiger partial charge in [-0.3, -0.25) is 9.10 Å². The minimum Gasteiger partial charge on any atom is -0.493 e. The Balaban J connectivity index is 2.29. The molecule has 1 amide bonds. The van der Waals surface area contributed by atoms with E-state index in [1.807, 2.05) is 6.07 Å². The monoisotopic (exact) mass is 442 g/mol. The molecule has 140 valence electrons. The van der Waals surface area contributed by atoms with E-state index in [9.17, 15) is 13.2 Å². The van der Waals surface area contributed by atoms with Crippen molar-refractivity contribution in [3.8, 4) is 11.5 Å². The second-order valence-corrected chi connectivity index (χ2v) is 8.10. The van der Waals surface area contributed by atoms with E-state index >= 15 is 0 Å². The zero-order valence-corrected chi connectivity index (χ0v) is 16.9. The van der Waals surface area contributed by atoms with Gasteiger partial charge in [-0.2, -0.15) is 0 Å². The lowest BCUT2D eigenvalue weighted by molar-refractivity contribution is -0.114. The predicted octanol–water partition coefficient (Wildman–Crippen LogP) is 2.87. The third-order valence-corrected chi connectivity index (χ3v) is 5.32. The number of hydrogen-bond donors (Lipinski definition) is 1. The lowest BCUT2D eigenvalue weighted by atomic mass is 10.2. The fourth-order valence-corrected chi connectivity index (χ4v) is 3.49. The zero-order valence-electron chi connectivity index (χ0n) is 14.5. The Hall–Kier alpha value is -2.26. The number of carbonyl (C=O) groups excluding carboxylic acids is 1. The number of nitrogens with one attached hydrogen (secondary N) is 1. The minimum absolute atomic E-state index is 0.299. The highest BCUT2D eigenvalue weighted by Crippen LogP contribution is 2.32. The molecule has 0 saturated heterocycles. The van der Waals surface area contributed by atoms with Gasteiger partial charge in [0.1, 0.15) is 6.54 Å². The minimum atomic E-state index is -3.70. The zero-order chi connectivity index (χ0) is 19.3. The highest BCUT2D eigenvalue weighted by Gasteiger charge is 2.22. The summed E-state index contributed by atoms with van der Waals surface area (Å²) in [6.45, 7) is -0.379. The van der Waals surface area contributed by atoms with E-state index in [2.05, 4.69) is 21.2 Å². The van der Waals surface area contributed by atoms with Crippen LogP contribution in [0.1, 0.15) is 0 Å². The molecule has 0 bridgehead atoms. The van der Waals surface area contributed by atoms with Crippen LogP contribution < -0.4 is 19.1 Å². The molecule has 0 unspecified atom stereocenters. The number of anilines is 2. The van der Waals surface area contributed by atoms with Gasteiger partial charge in [0, 0.05) is 10.5 Å². The van der Waals surface area contributed by atoms with E-state index in [0.29, 0.717) is 27.3 Å². The Labute approximate surface area is 161 Å². The molecule has 0 aliphatic carbocycles. The van der Waals surface area contributed by atoms with Crippen molar-refractivity contribution < 1.29 is 22.7 Å². The van der Waals surface area contributed by atoms with Gasteiger partial charge in [-0.15, -0.1) is 0 Å². The summed E-state index contributed by atoms with van der Waals surface area (Å²) in [6.07, 6.45) is 1.04. The molecule has 7 nitrogen and oxygen atoms in total. The lowest BCUT2D eigenvalue weighted by Gasteiger charge is -2.23. The fraction of sp³-hybridized carbons (Fsp3) is 0.235. The molecule has 2 aromatic rings. The molecule has 0 aromatic heterocycles. The van der Waals surface area contributed by atoms with Crippen molar-refractivity contribution in [3.05, 3.63) is 46.9 Å². The van der Waals surface area contributed by atoms with E-state index in [4.69, 9.17) is 9.47 Å². The standard InChI is InChI=1S/C17H19BrN2O5S/c1-24-15-9-8-12(10-16(15)25-2)20(26(3,22)23)11-17(21)19-14-7-5-4-6-13(14)18/h4-10H,11H2,1-3H3,(H,19,21). The Bertz CT molecular complexity index is 902.